The number of benzene rings is 2. The molecule has 2 aromatic carbocycles. The molecule has 0 spiro atoms. The van der Waals surface area contributed by atoms with E-state index >= 15 is 0 Å². The number of ether oxygens (including phenoxy) is 1. The molecule has 1 fully saturated rings. The number of H-pyrrole nitrogens is 1. The maximum Gasteiger partial charge on any atom is 0.422 e. The molecule has 0 aliphatic carbocycles. The van der Waals surface area contributed by atoms with Crippen LogP contribution in [0.5, 0.6) is 5.75 Å². The Balaban J connectivity index is 1.33. The Labute approximate surface area is 162 Å². The van der Waals surface area contributed by atoms with Crippen molar-refractivity contribution in [1.82, 2.24) is 9.88 Å². The molecular weight excluding hydrogens is 365 g/mol. The lowest BCUT2D eigenvalue weighted by Crippen LogP contribution is -2.32. The van der Waals surface area contributed by atoms with Gasteiger partial charge >= 0.3 is 6.18 Å². The molecule has 2 heterocycles. The topological polar surface area (TPSA) is 28.3 Å². The van der Waals surface area contributed by atoms with Crippen LogP contribution < -0.4 is 4.74 Å². The van der Waals surface area contributed by atoms with E-state index in [0.29, 0.717) is 5.92 Å². The number of hydrogen-bond donors (Lipinski definition) is 1. The number of likely N-dealkylation sites (tertiary alicyclic amines) is 1. The molecular formula is C22H23F3N2O. The van der Waals surface area contributed by atoms with Gasteiger partial charge in [0.1, 0.15) is 5.75 Å². The Bertz CT molecular complexity index is 927. The van der Waals surface area contributed by atoms with Crippen molar-refractivity contribution in [2.24, 2.45) is 0 Å². The van der Waals surface area contributed by atoms with Crippen LogP contribution in [-0.2, 0) is 6.54 Å². The minimum absolute atomic E-state index is 0.268. The number of aromatic nitrogens is 1. The monoisotopic (exact) mass is 388 g/mol. The first kappa shape index (κ1) is 18.9. The molecule has 0 unspecified atom stereocenters. The number of nitrogens with zero attached hydrogens (tertiary/aromatic N) is 1. The first-order chi connectivity index (χ1) is 13.5. The zero-order valence-electron chi connectivity index (χ0n) is 15.5. The highest BCUT2D eigenvalue weighted by molar-refractivity contribution is 5.80. The largest absolute Gasteiger partial charge is 0.484 e. The number of halogens is 3. The molecule has 28 heavy (non-hydrogen) atoms. The molecule has 1 aromatic heterocycles. The van der Waals surface area contributed by atoms with E-state index in [-0.39, 0.29) is 5.75 Å². The van der Waals surface area contributed by atoms with Crippen molar-refractivity contribution in [2.75, 3.05) is 19.7 Å². The third kappa shape index (κ3) is 4.68. The lowest BCUT2D eigenvalue weighted by molar-refractivity contribution is -0.153. The van der Waals surface area contributed by atoms with Gasteiger partial charge in [-0.2, -0.15) is 13.2 Å². The summed E-state index contributed by atoms with van der Waals surface area (Å²) >= 11 is 0. The third-order valence-electron chi connectivity index (χ3n) is 5.34. The maximum absolute atomic E-state index is 12.3. The number of nitrogens with one attached hydrogen (secondary N) is 1. The number of alkyl halides is 3. The molecule has 0 amide bonds. The Kier molecular flexibility index (Phi) is 5.31. The molecule has 4 rings (SSSR count). The van der Waals surface area contributed by atoms with Crippen LogP contribution in [-0.4, -0.2) is 35.8 Å². The molecule has 148 valence electrons. The first-order valence-corrected chi connectivity index (χ1v) is 9.54. The van der Waals surface area contributed by atoms with Gasteiger partial charge in [0.2, 0.25) is 0 Å². The van der Waals surface area contributed by atoms with Gasteiger partial charge < -0.3 is 9.72 Å². The van der Waals surface area contributed by atoms with Crippen molar-refractivity contribution in [3.63, 3.8) is 0 Å². The van der Waals surface area contributed by atoms with Gasteiger partial charge in [-0.05, 0) is 78.7 Å². The lowest BCUT2D eigenvalue weighted by atomic mass is 9.89. The first-order valence-electron chi connectivity index (χ1n) is 9.54. The van der Waals surface area contributed by atoms with E-state index in [1.165, 1.54) is 10.9 Å². The highest BCUT2D eigenvalue weighted by Gasteiger charge is 2.28. The highest BCUT2D eigenvalue weighted by atomic mass is 19.4. The van der Waals surface area contributed by atoms with E-state index in [2.05, 4.69) is 34.1 Å². The zero-order chi connectivity index (χ0) is 19.6. The summed E-state index contributed by atoms with van der Waals surface area (Å²) < 4.78 is 41.8. The minimum Gasteiger partial charge on any atom is -0.484 e. The fourth-order valence-corrected chi connectivity index (χ4v) is 3.91. The van der Waals surface area contributed by atoms with Gasteiger partial charge in [-0.25, -0.2) is 0 Å². The average molecular weight is 388 g/mol. The molecule has 3 nitrogen and oxygen atoms in total. The van der Waals surface area contributed by atoms with Gasteiger partial charge in [-0.15, -0.1) is 0 Å². The van der Waals surface area contributed by atoms with E-state index in [9.17, 15) is 13.2 Å². The van der Waals surface area contributed by atoms with Crippen LogP contribution in [0.25, 0.3) is 10.9 Å². The molecule has 0 saturated carbocycles. The molecule has 0 bridgehead atoms. The van der Waals surface area contributed by atoms with E-state index in [1.807, 2.05) is 12.3 Å². The number of aromatic amines is 1. The Morgan fingerprint density at radius 3 is 2.64 bits per heavy atom. The number of fused-ring (bicyclic) bond motifs is 1. The van der Waals surface area contributed by atoms with Crippen LogP contribution in [0, 0.1) is 0 Å². The van der Waals surface area contributed by atoms with Crippen molar-refractivity contribution < 1.29 is 17.9 Å². The molecule has 6 heteroatoms. The van der Waals surface area contributed by atoms with Gasteiger partial charge in [0.25, 0.3) is 0 Å². The number of rotatable bonds is 5. The zero-order valence-corrected chi connectivity index (χ0v) is 15.5. The standard InChI is InChI=1S/C22H23F3N2O/c23-22(24,25)15-28-20-3-1-2-16(12-20)14-27-10-7-17(8-11-27)18-4-5-21-19(13-18)6-9-26-21/h1-6,9,12-13,17,26H,7-8,10-11,14-15H2. The van der Waals surface area contributed by atoms with Crippen molar-refractivity contribution in [3.8, 4) is 5.75 Å². The predicted molar refractivity (Wildman–Crippen MR) is 104 cm³/mol. The fraction of sp³-hybridized carbons (Fsp3) is 0.364. The summed E-state index contributed by atoms with van der Waals surface area (Å²) in [6.45, 7) is 1.42. The Morgan fingerprint density at radius 2 is 1.86 bits per heavy atom. The maximum atomic E-state index is 12.3. The van der Waals surface area contributed by atoms with Crippen LogP contribution in [0.15, 0.2) is 54.7 Å². The summed E-state index contributed by atoms with van der Waals surface area (Å²) in [5.74, 6) is 0.821. The minimum atomic E-state index is -4.32. The summed E-state index contributed by atoms with van der Waals surface area (Å²) in [6.07, 6.45) is -0.189. The van der Waals surface area contributed by atoms with Gasteiger partial charge in [-0.3, -0.25) is 4.90 Å². The molecule has 0 atom stereocenters. The molecule has 1 aliphatic heterocycles. The van der Waals surface area contributed by atoms with Crippen LogP contribution in [0.4, 0.5) is 13.2 Å². The lowest BCUT2D eigenvalue weighted by Gasteiger charge is -2.32. The summed E-state index contributed by atoms with van der Waals surface area (Å²) in [4.78, 5) is 5.58. The Hall–Kier alpha value is -2.47. The summed E-state index contributed by atoms with van der Waals surface area (Å²) in [7, 11) is 0. The fourth-order valence-electron chi connectivity index (χ4n) is 3.91. The van der Waals surface area contributed by atoms with E-state index in [4.69, 9.17) is 4.74 Å². The third-order valence-corrected chi connectivity index (χ3v) is 5.34. The van der Waals surface area contributed by atoms with E-state index in [1.54, 1.807) is 18.2 Å². The molecule has 1 N–H and O–H groups in total. The molecule has 3 aromatic rings. The second-order valence-corrected chi connectivity index (χ2v) is 7.43. The molecule has 1 saturated heterocycles. The van der Waals surface area contributed by atoms with Crippen molar-refractivity contribution in [1.29, 1.82) is 0 Å². The van der Waals surface area contributed by atoms with Gasteiger partial charge in [0, 0.05) is 18.3 Å². The predicted octanol–water partition coefficient (Wildman–Crippen LogP) is 5.49. The van der Waals surface area contributed by atoms with Gasteiger partial charge in [0.05, 0.1) is 0 Å². The van der Waals surface area contributed by atoms with Crippen molar-refractivity contribution in [2.45, 2.75) is 31.5 Å². The van der Waals surface area contributed by atoms with Crippen molar-refractivity contribution >= 4 is 10.9 Å². The second-order valence-electron chi connectivity index (χ2n) is 7.43. The summed E-state index contributed by atoms with van der Waals surface area (Å²) in [6, 6.07) is 15.7. The highest BCUT2D eigenvalue weighted by Crippen LogP contribution is 2.31. The van der Waals surface area contributed by atoms with E-state index in [0.717, 1.165) is 43.6 Å². The van der Waals surface area contributed by atoms with Crippen LogP contribution in [0.2, 0.25) is 0 Å². The SMILES string of the molecule is FC(F)(F)COc1cccc(CN2CCC(c3ccc4[nH]ccc4c3)CC2)c1. The number of hydrogen-bond acceptors (Lipinski definition) is 2. The Morgan fingerprint density at radius 1 is 1.04 bits per heavy atom. The van der Waals surface area contributed by atoms with Crippen LogP contribution >= 0.6 is 0 Å². The summed E-state index contributed by atoms with van der Waals surface area (Å²) in [5, 5.41) is 1.25. The molecule has 1 aliphatic rings. The smallest absolute Gasteiger partial charge is 0.422 e. The van der Waals surface area contributed by atoms with Crippen LogP contribution in [0.3, 0.4) is 0 Å². The average Bonchev–Trinajstić information content (AvgIpc) is 3.15. The molecule has 0 radical (unpaired) electrons. The van der Waals surface area contributed by atoms with Gasteiger partial charge in [-0.1, -0.05) is 18.2 Å². The van der Waals surface area contributed by atoms with Crippen LogP contribution in [0.1, 0.15) is 29.9 Å². The van der Waals surface area contributed by atoms with Gasteiger partial charge in [0.15, 0.2) is 6.61 Å². The second kappa shape index (κ2) is 7.87. The quantitative estimate of drug-likeness (QED) is 0.626. The number of piperidine rings is 1. The van der Waals surface area contributed by atoms with E-state index < -0.39 is 12.8 Å². The normalized spacial score (nSPS) is 16.5. The summed E-state index contributed by atoms with van der Waals surface area (Å²) in [5.41, 5.74) is 3.52. The van der Waals surface area contributed by atoms with Crippen molar-refractivity contribution in [3.05, 3.63) is 65.9 Å².